The van der Waals surface area contributed by atoms with Gasteiger partial charge in [-0.3, -0.25) is 4.79 Å². The van der Waals surface area contributed by atoms with E-state index in [2.05, 4.69) is 5.32 Å². The first kappa shape index (κ1) is 23.2. The average molecular weight is 469 g/mol. The van der Waals surface area contributed by atoms with Crippen LogP contribution in [0.25, 0.3) is 0 Å². The average Bonchev–Trinajstić information content (AvgIpc) is 2.78. The first-order valence-corrected chi connectivity index (χ1v) is 11.5. The maximum Gasteiger partial charge on any atom is 0.243 e. The molecule has 168 valence electrons. The molecule has 0 saturated carbocycles. The molecule has 31 heavy (non-hydrogen) atoms. The van der Waals surface area contributed by atoms with Gasteiger partial charge in [-0.1, -0.05) is 11.6 Å². The lowest BCUT2D eigenvalue weighted by Crippen LogP contribution is -2.43. The Hall–Kier alpha value is -2.49. The lowest BCUT2D eigenvalue weighted by Gasteiger charge is -2.31. The molecule has 10 heteroatoms. The highest BCUT2D eigenvalue weighted by atomic mass is 35.5. The van der Waals surface area contributed by atoms with Crippen molar-refractivity contribution < 1.29 is 27.4 Å². The van der Waals surface area contributed by atoms with Gasteiger partial charge < -0.3 is 19.5 Å². The summed E-state index contributed by atoms with van der Waals surface area (Å²) in [6.07, 6.45) is 1.17. The smallest absolute Gasteiger partial charge is 0.243 e. The lowest BCUT2D eigenvalue weighted by molar-refractivity contribution is -0.120. The molecule has 0 radical (unpaired) electrons. The Morgan fingerprint density at radius 2 is 1.71 bits per heavy atom. The van der Waals surface area contributed by atoms with Crippen LogP contribution in [0.5, 0.6) is 17.2 Å². The number of hydrogen-bond acceptors (Lipinski definition) is 6. The van der Waals surface area contributed by atoms with Crippen molar-refractivity contribution in [3.05, 3.63) is 41.4 Å². The maximum atomic E-state index is 13.2. The Morgan fingerprint density at radius 1 is 1.03 bits per heavy atom. The number of hydrogen-bond donors (Lipinski definition) is 1. The molecule has 1 heterocycles. The van der Waals surface area contributed by atoms with Crippen LogP contribution in [-0.2, 0) is 14.8 Å². The van der Waals surface area contributed by atoms with Crippen molar-refractivity contribution in [1.82, 2.24) is 4.31 Å². The number of halogens is 1. The molecule has 0 aromatic heterocycles. The van der Waals surface area contributed by atoms with Gasteiger partial charge in [-0.2, -0.15) is 4.31 Å². The largest absolute Gasteiger partial charge is 0.495 e. The highest BCUT2D eigenvalue weighted by Gasteiger charge is 2.34. The van der Waals surface area contributed by atoms with Crippen LogP contribution in [0.15, 0.2) is 41.3 Å². The van der Waals surface area contributed by atoms with E-state index in [0.717, 1.165) is 0 Å². The molecule has 0 unspecified atom stereocenters. The van der Waals surface area contributed by atoms with Crippen molar-refractivity contribution in [2.24, 2.45) is 5.92 Å². The highest BCUT2D eigenvalue weighted by Crippen LogP contribution is 2.32. The molecule has 0 bridgehead atoms. The molecule has 1 saturated heterocycles. The lowest BCUT2D eigenvalue weighted by atomic mass is 9.98. The standard InChI is InChI=1S/C21H25ClN2O6S/c1-28-18-8-6-15(11-17(18)22)23-21(25)14-5-4-10-24(13-14)31(26,27)16-7-9-19(29-2)20(12-16)30-3/h6-9,11-12,14H,4-5,10,13H2,1-3H3,(H,23,25)/t14-/m1/s1. The number of amides is 1. The summed E-state index contributed by atoms with van der Waals surface area (Å²) in [5.74, 6) is 0.532. The summed E-state index contributed by atoms with van der Waals surface area (Å²) >= 11 is 6.11. The summed E-state index contributed by atoms with van der Waals surface area (Å²) in [5.41, 5.74) is 0.524. The number of carbonyl (C=O) groups excluding carboxylic acids is 1. The Morgan fingerprint density at radius 3 is 2.35 bits per heavy atom. The zero-order chi connectivity index (χ0) is 22.6. The van der Waals surface area contributed by atoms with Crippen molar-refractivity contribution in [2.45, 2.75) is 17.7 Å². The first-order chi connectivity index (χ1) is 14.8. The van der Waals surface area contributed by atoms with Gasteiger partial charge in [0.25, 0.3) is 0 Å². The second kappa shape index (κ2) is 9.76. The number of benzene rings is 2. The molecule has 0 aliphatic carbocycles. The van der Waals surface area contributed by atoms with Crippen LogP contribution >= 0.6 is 11.6 Å². The van der Waals surface area contributed by atoms with Crippen LogP contribution < -0.4 is 19.5 Å². The number of carbonyl (C=O) groups is 1. The first-order valence-electron chi connectivity index (χ1n) is 9.66. The fourth-order valence-corrected chi connectivity index (χ4v) is 5.29. The van der Waals surface area contributed by atoms with Crippen LogP contribution in [0.2, 0.25) is 5.02 Å². The van der Waals surface area contributed by atoms with Crippen molar-refractivity contribution >= 4 is 33.2 Å². The summed E-state index contributed by atoms with van der Waals surface area (Å²) < 4.78 is 43.2. The SMILES string of the molecule is COc1ccc(NC(=O)[C@@H]2CCCN(S(=O)(=O)c3ccc(OC)c(OC)c3)C2)cc1Cl. The molecule has 1 atom stereocenters. The molecule has 1 amide bonds. The number of methoxy groups -OCH3 is 3. The molecular formula is C21H25ClN2O6S. The summed E-state index contributed by atoms with van der Waals surface area (Å²) in [5, 5.41) is 3.19. The maximum absolute atomic E-state index is 13.2. The van der Waals surface area contributed by atoms with E-state index < -0.39 is 15.9 Å². The van der Waals surface area contributed by atoms with Gasteiger partial charge in [0.2, 0.25) is 15.9 Å². The van der Waals surface area contributed by atoms with Gasteiger partial charge >= 0.3 is 0 Å². The second-order valence-corrected chi connectivity index (χ2v) is 9.40. The fraction of sp³-hybridized carbons (Fsp3) is 0.381. The van der Waals surface area contributed by atoms with E-state index in [0.29, 0.717) is 47.3 Å². The predicted octanol–water partition coefficient (Wildman–Crippen LogP) is 3.41. The minimum Gasteiger partial charge on any atom is -0.495 e. The van der Waals surface area contributed by atoms with E-state index in [1.165, 1.54) is 37.8 Å². The van der Waals surface area contributed by atoms with E-state index in [9.17, 15) is 13.2 Å². The van der Waals surface area contributed by atoms with Crippen LogP contribution in [0.3, 0.4) is 0 Å². The number of sulfonamides is 1. The van der Waals surface area contributed by atoms with Gasteiger partial charge in [-0.15, -0.1) is 0 Å². The topological polar surface area (TPSA) is 94.2 Å². The van der Waals surface area contributed by atoms with Crippen LogP contribution in [0.1, 0.15) is 12.8 Å². The summed E-state index contributed by atoms with van der Waals surface area (Å²) in [4.78, 5) is 12.9. The quantitative estimate of drug-likeness (QED) is 0.669. The van der Waals surface area contributed by atoms with Gasteiger partial charge in [0.15, 0.2) is 11.5 Å². The zero-order valence-corrected chi connectivity index (χ0v) is 19.1. The minimum absolute atomic E-state index is 0.0897. The Kier molecular flexibility index (Phi) is 7.30. The number of nitrogens with one attached hydrogen (secondary N) is 1. The van der Waals surface area contributed by atoms with Crippen molar-refractivity contribution in [2.75, 3.05) is 39.7 Å². The molecular weight excluding hydrogens is 444 g/mol. The second-order valence-electron chi connectivity index (χ2n) is 7.06. The molecule has 1 aliphatic rings. The van der Waals surface area contributed by atoms with Crippen molar-refractivity contribution in [1.29, 1.82) is 0 Å². The van der Waals surface area contributed by atoms with Gasteiger partial charge in [0.1, 0.15) is 5.75 Å². The number of piperidine rings is 1. The third-order valence-corrected chi connectivity index (χ3v) is 7.32. The Bertz CT molecular complexity index is 1060. The summed E-state index contributed by atoms with van der Waals surface area (Å²) in [7, 11) is 0.642. The highest BCUT2D eigenvalue weighted by molar-refractivity contribution is 7.89. The third kappa shape index (κ3) is 5.06. The number of nitrogens with zero attached hydrogens (tertiary/aromatic N) is 1. The van der Waals surface area contributed by atoms with Gasteiger partial charge in [0.05, 0.1) is 37.2 Å². The Labute approximate surface area is 187 Å². The molecule has 1 N–H and O–H groups in total. The van der Waals surface area contributed by atoms with E-state index >= 15 is 0 Å². The van der Waals surface area contributed by atoms with Gasteiger partial charge in [-0.05, 0) is 43.2 Å². The van der Waals surface area contributed by atoms with E-state index in [1.54, 1.807) is 24.3 Å². The van der Waals surface area contributed by atoms with E-state index in [4.69, 9.17) is 25.8 Å². The fourth-order valence-electron chi connectivity index (χ4n) is 3.49. The Balaban J connectivity index is 1.75. The molecule has 8 nitrogen and oxygen atoms in total. The van der Waals surface area contributed by atoms with Gasteiger partial charge in [-0.25, -0.2) is 8.42 Å². The molecule has 1 aliphatic heterocycles. The minimum atomic E-state index is -3.79. The van der Waals surface area contributed by atoms with E-state index in [1.807, 2.05) is 0 Å². The summed E-state index contributed by atoms with van der Waals surface area (Å²) in [6, 6.07) is 9.39. The summed E-state index contributed by atoms with van der Waals surface area (Å²) in [6.45, 7) is 0.432. The van der Waals surface area contributed by atoms with Crippen LogP contribution in [0, 0.1) is 5.92 Å². The molecule has 3 rings (SSSR count). The predicted molar refractivity (Wildman–Crippen MR) is 118 cm³/mol. The van der Waals surface area contributed by atoms with Crippen LogP contribution in [0.4, 0.5) is 5.69 Å². The van der Waals surface area contributed by atoms with Crippen molar-refractivity contribution in [3.63, 3.8) is 0 Å². The third-order valence-electron chi connectivity index (χ3n) is 5.17. The van der Waals surface area contributed by atoms with Crippen LogP contribution in [-0.4, -0.2) is 53.0 Å². The van der Waals surface area contributed by atoms with Gasteiger partial charge in [0, 0.05) is 24.8 Å². The zero-order valence-electron chi connectivity index (χ0n) is 17.6. The number of ether oxygens (including phenoxy) is 3. The molecule has 0 spiro atoms. The monoisotopic (exact) mass is 468 g/mol. The number of rotatable bonds is 7. The molecule has 2 aromatic rings. The number of anilines is 1. The van der Waals surface area contributed by atoms with E-state index in [-0.39, 0.29) is 17.3 Å². The van der Waals surface area contributed by atoms with Crippen molar-refractivity contribution in [3.8, 4) is 17.2 Å². The molecule has 2 aromatic carbocycles. The normalized spacial score (nSPS) is 17.1. The molecule has 1 fully saturated rings.